The molecule has 0 spiro atoms. The van der Waals surface area contributed by atoms with Crippen molar-refractivity contribution in [3.05, 3.63) is 46.0 Å². The lowest BCUT2D eigenvalue weighted by atomic mass is 9.96. The summed E-state index contributed by atoms with van der Waals surface area (Å²) in [5.74, 6) is 1.37. The van der Waals surface area contributed by atoms with E-state index in [0.29, 0.717) is 30.4 Å². The number of nitrogens with one attached hydrogen (secondary N) is 1. The van der Waals surface area contributed by atoms with Crippen LogP contribution in [0.2, 0.25) is 0 Å². The molecule has 7 nitrogen and oxygen atoms in total. The molecule has 1 N–H and O–H groups in total. The smallest absolute Gasteiger partial charge is 0.255 e. The molecule has 1 aliphatic rings. The summed E-state index contributed by atoms with van der Waals surface area (Å²) in [6.07, 6.45) is 3.06. The molecule has 0 radical (unpaired) electrons. The number of aryl methyl sites for hydroxylation is 1. The molecule has 0 unspecified atom stereocenters. The number of rotatable bonds is 2. The van der Waals surface area contributed by atoms with Crippen LogP contribution in [0.1, 0.15) is 40.9 Å². The number of piperidine rings is 1. The molecule has 3 rings (SSSR count). The Hall–Kier alpha value is -2.44. The average molecular weight is 288 g/mol. The monoisotopic (exact) mass is 288 g/mol. The van der Waals surface area contributed by atoms with Gasteiger partial charge in [0, 0.05) is 38.2 Å². The van der Waals surface area contributed by atoms with E-state index in [1.54, 1.807) is 17.9 Å². The molecule has 0 aliphatic carbocycles. The standard InChI is InChI=1S/C14H16N4O3/c1-9-16-17-13(21-9)10-4-6-18(7-5-10)14(20)11-2-3-12(19)15-8-11/h2-3,8,10H,4-7H2,1H3,(H,15,19). The van der Waals surface area contributed by atoms with Crippen LogP contribution >= 0.6 is 0 Å². The van der Waals surface area contributed by atoms with E-state index in [-0.39, 0.29) is 17.4 Å². The number of hydrogen-bond donors (Lipinski definition) is 1. The lowest BCUT2D eigenvalue weighted by Crippen LogP contribution is -2.38. The second-order valence-corrected chi connectivity index (χ2v) is 5.17. The van der Waals surface area contributed by atoms with Gasteiger partial charge in [-0.1, -0.05) is 0 Å². The maximum Gasteiger partial charge on any atom is 0.255 e. The number of nitrogens with zero attached hydrogens (tertiary/aromatic N) is 3. The number of hydrogen-bond acceptors (Lipinski definition) is 5. The topological polar surface area (TPSA) is 92.1 Å². The third kappa shape index (κ3) is 2.86. The van der Waals surface area contributed by atoms with Gasteiger partial charge in [-0.25, -0.2) is 0 Å². The molecule has 1 fully saturated rings. The van der Waals surface area contributed by atoms with Gasteiger partial charge in [-0.2, -0.15) is 0 Å². The Morgan fingerprint density at radius 1 is 1.33 bits per heavy atom. The molecule has 2 aromatic rings. The van der Waals surface area contributed by atoms with Gasteiger partial charge in [0.15, 0.2) is 0 Å². The fourth-order valence-corrected chi connectivity index (χ4v) is 2.53. The van der Waals surface area contributed by atoms with E-state index in [9.17, 15) is 9.59 Å². The quantitative estimate of drug-likeness (QED) is 0.893. The summed E-state index contributed by atoms with van der Waals surface area (Å²) in [5, 5.41) is 7.89. The summed E-state index contributed by atoms with van der Waals surface area (Å²) in [6, 6.07) is 2.91. The van der Waals surface area contributed by atoms with E-state index in [1.165, 1.54) is 12.3 Å². The van der Waals surface area contributed by atoms with Gasteiger partial charge >= 0.3 is 0 Å². The number of pyridine rings is 1. The van der Waals surface area contributed by atoms with E-state index in [0.717, 1.165) is 12.8 Å². The molecule has 0 atom stereocenters. The van der Waals surface area contributed by atoms with Crippen LogP contribution in [0.4, 0.5) is 0 Å². The van der Waals surface area contributed by atoms with Crippen molar-refractivity contribution in [1.82, 2.24) is 20.1 Å². The molecule has 0 aromatic carbocycles. The van der Waals surface area contributed by atoms with Gasteiger partial charge in [-0.3, -0.25) is 9.59 Å². The Kier molecular flexibility index (Phi) is 3.55. The van der Waals surface area contributed by atoms with Crippen LogP contribution in [0.5, 0.6) is 0 Å². The van der Waals surface area contributed by atoms with E-state index in [1.807, 2.05) is 0 Å². The second-order valence-electron chi connectivity index (χ2n) is 5.17. The molecule has 1 aliphatic heterocycles. The van der Waals surface area contributed by atoms with Gasteiger partial charge in [-0.15, -0.1) is 10.2 Å². The molecule has 0 bridgehead atoms. The molecule has 3 heterocycles. The zero-order valence-corrected chi connectivity index (χ0v) is 11.7. The Balaban J connectivity index is 1.64. The van der Waals surface area contributed by atoms with Gasteiger partial charge in [0.2, 0.25) is 17.3 Å². The minimum atomic E-state index is -0.211. The number of carbonyl (C=O) groups is 1. The van der Waals surface area contributed by atoms with Crippen LogP contribution in [-0.2, 0) is 0 Å². The zero-order valence-electron chi connectivity index (χ0n) is 11.7. The van der Waals surface area contributed by atoms with E-state index in [2.05, 4.69) is 15.2 Å². The lowest BCUT2D eigenvalue weighted by molar-refractivity contribution is 0.0705. The summed E-state index contributed by atoms with van der Waals surface area (Å²) in [4.78, 5) is 27.6. The van der Waals surface area contributed by atoms with Gasteiger partial charge < -0.3 is 14.3 Å². The molecule has 1 saturated heterocycles. The maximum atomic E-state index is 12.3. The first-order valence-corrected chi connectivity index (χ1v) is 6.91. The van der Waals surface area contributed by atoms with Crippen molar-refractivity contribution in [1.29, 1.82) is 0 Å². The van der Waals surface area contributed by atoms with Crippen LogP contribution in [0.3, 0.4) is 0 Å². The third-order valence-corrected chi connectivity index (χ3v) is 3.70. The Morgan fingerprint density at radius 2 is 2.10 bits per heavy atom. The predicted octanol–water partition coefficient (Wildman–Crippen LogP) is 1.09. The summed E-state index contributed by atoms with van der Waals surface area (Å²) < 4.78 is 5.45. The van der Waals surface area contributed by atoms with Crippen molar-refractivity contribution in [3.63, 3.8) is 0 Å². The van der Waals surface area contributed by atoms with Crippen molar-refractivity contribution >= 4 is 5.91 Å². The summed E-state index contributed by atoms with van der Waals surface area (Å²) in [5.41, 5.74) is 0.290. The van der Waals surface area contributed by atoms with E-state index < -0.39 is 0 Å². The second kappa shape index (κ2) is 5.51. The highest BCUT2D eigenvalue weighted by Gasteiger charge is 2.27. The molecule has 110 valence electrons. The highest BCUT2D eigenvalue weighted by atomic mass is 16.4. The van der Waals surface area contributed by atoms with Gasteiger partial charge in [0.1, 0.15) is 0 Å². The predicted molar refractivity (Wildman–Crippen MR) is 74.0 cm³/mol. The number of carbonyl (C=O) groups excluding carboxylic acids is 1. The molecular weight excluding hydrogens is 272 g/mol. The lowest BCUT2D eigenvalue weighted by Gasteiger charge is -2.30. The fraction of sp³-hybridized carbons (Fsp3) is 0.429. The van der Waals surface area contributed by atoms with Gasteiger partial charge in [-0.05, 0) is 18.9 Å². The van der Waals surface area contributed by atoms with Crippen LogP contribution in [0.15, 0.2) is 27.5 Å². The molecule has 2 aromatic heterocycles. The minimum absolute atomic E-state index is 0.0635. The van der Waals surface area contributed by atoms with Crippen LogP contribution in [-0.4, -0.2) is 39.1 Å². The maximum absolute atomic E-state index is 12.3. The molecule has 7 heteroatoms. The molecule has 21 heavy (non-hydrogen) atoms. The normalized spacial score (nSPS) is 16.1. The first kappa shape index (κ1) is 13.5. The average Bonchev–Trinajstić information content (AvgIpc) is 2.94. The van der Waals surface area contributed by atoms with Crippen molar-refractivity contribution in [2.75, 3.05) is 13.1 Å². The largest absolute Gasteiger partial charge is 0.425 e. The van der Waals surface area contributed by atoms with Gasteiger partial charge in [0.05, 0.1) is 5.56 Å². The fourth-order valence-electron chi connectivity index (χ4n) is 2.53. The van der Waals surface area contributed by atoms with Crippen LogP contribution in [0, 0.1) is 6.92 Å². The highest BCUT2D eigenvalue weighted by molar-refractivity contribution is 5.93. The molecule has 0 saturated carbocycles. The van der Waals surface area contributed by atoms with Crippen molar-refractivity contribution < 1.29 is 9.21 Å². The zero-order chi connectivity index (χ0) is 14.8. The Bertz CT molecular complexity index is 678. The summed E-state index contributed by atoms with van der Waals surface area (Å²) in [6.45, 7) is 3.06. The Morgan fingerprint density at radius 3 is 2.67 bits per heavy atom. The highest BCUT2D eigenvalue weighted by Crippen LogP contribution is 2.27. The molecule has 1 amide bonds. The number of aromatic amines is 1. The SMILES string of the molecule is Cc1nnc(C2CCN(C(=O)c3ccc(=O)[nH]c3)CC2)o1. The van der Waals surface area contributed by atoms with Crippen LogP contribution < -0.4 is 5.56 Å². The first-order chi connectivity index (χ1) is 10.1. The summed E-state index contributed by atoms with van der Waals surface area (Å²) in [7, 11) is 0. The van der Waals surface area contributed by atoms with Crippen molar-refractivity contribution in [2.45, 2.75) is 25.7 Å². The minimum Gasteiger partial charge on any atom is -0.425 e. The molecular formula is C14H16N4O3. The van der Waals surface area contributed by atoms with E-state index >= 15 is 0 Å². The summed E-state index contributed by atoms with van der Waals surface area (Å²) >= 11 is 0. The number of amides is 1. The number of H-pyrrole nitrogens is 1. The van der Waals surface area contributed by atoms with E-state index in [4.69, 9.17) is 4.42 Å². The number of aromatic nitrogens is 3. The van der Waals surface area contributed by atoms with Crippen molar-refractivity contribution in [3.8, 4) is 0 Å². The van der Waals surface area contributed by atoms with Crippen LogP contribution in [0.25, 0.3) is 0 Å². The Labute approximate surface area is 121 Å². The van der Waals surface area contributed by atoms with Gasteiger partial charge in [0.25, 0.3) is 5.91 Å². The first-order valence-electron chi connectivity index (χ1n) is 6.91. The third-order valence-electron chi connectivity index (χ3n) is 3.70. The van der Waals surface area contributed by atoms with Crippen molar-refractivity contribution in [2.24, 2.45) is 0 Å². The number of likely N-dealkylation sites (tertiary alicyclic amines) is 1.